The lowest BCUT2D eigenvalue weighted by Gasteiger charge is -2.36. The number of amides is 1. The Morgan fingerprint density at radius 3 is 2.41 bits per heavy atom. The summed E-state index contributed by atoms with van der Waals surface area (Å²) in [6.45, 7) is 8.37. The molecule has 2 aliphatic rings. The van der Waals surface area contributed by atoms with Gasteiger partial charge in [-0.05, 0) is 78.9 Å². The number of piperidine rings is 1. The first kappa shape index (κ1) is 17.5. The Morgan fingerprint density at radius 2 is 1.82 bits per heavy atom. The van der Waals surface area contributed by atoms with Gasteiger partial charge in [-0.2, -0.15) is 0 Å². The summed E-state index contributed by atoms with van der Waals surface area (Å²) in [6, 6.07) is 1.64. The predicted octanol–water partition coefficient (Wildman–Crippen LogP) is 2.36. The SMILES string of the molecule is CN1C2CCC1CC(CNCCCNC(=O)OC(C)(C)C)C2. The normalized spacial score (nSPS) is 28.6. The molecule has 0 aliphatic carbocycles. The molecule has 2 heterocycles. The Morgan fingerprint density at radius 1 is 1.18 bits per heavy atom. The van der Waals surface area contributed by atoms with Crippen LogP contribution in [0.4, 0.5) is 4.79 Å². The Hall–Kier alpha value is -0.810. The first-order valence-electron chi connectivity index (χ1n) is 8.74. The minimum absolute atomic E-state index is 0.320. The van der Waals surface area contributed by atoms with Crippen LogP contribution in [0, 0.1) is 5.92 Å². The van der Waals surface area contributed by atoms with Crippen LogP contribution >= 0.6 is 0 Å². The van der Waals surface area contributed by atoms with E-state index in [1.54, 1.807) is 0 Å². The predicted molar refractivity (Wildman–Crippen MR) is 89.0 cm³/mol. The number of nitrogens with one attached hydrogen (secondary N) is 2. The number of rotatable bonds is 6. The fraction of sp³-hybridized carbons (Fsp3) is 0.941. The molecule has 0 aromatic carbocycles. The topological polar surface area (TPSA) is 53.6 Å². The van der Waals surface area contributed by atoms with E-state index in [-0.39, 0.29) is 6.09 Å². The molecule has 2 aliphatic heterocycles. The number of nitrogens with zero attached hydrogens (tertiary/aromatic N) is 1. The molecule has 2 atom stereocenters. The molecule has 2 saturated heterocycles. The maximum Gasteiger partial charge on any atom is 0.407 e. The van der Waals surface area contributed by atoms with E-state index < -0.39 is 5.60 Å². The average Bonchev–Trinajstić information content (AvgIpc) is 2.62. The first-order chi connectivity index (χ1) is 10.3. The van der Waals surface area contributed by atoms with Crippen molar-refractivity contribution in [3.63, 3.8) is 0 Å². The molecule has 22 heavy (non-hydrogen) atoms. The number of carbonyl (C=O) groups excluding carboxylic acids is 1. The molecule has 2 unspecified atom stereocenters. The zero-order valence-electron chi connectivity index (χ0n) is 14.7. The molecule has 0 saturated carbocycles. The smallest absolute Gasteiger partial charge is 0.407 e. The molecule has 1 amide bonds. The minimum atomic E-state index is -0.421. The number of hydrogen-bond donors (Lipinski definition) is 2. The van der Waals surface area contributed by atoms with Gasteiger partial charge in [0.1, 0.15) is 5.60 Å². The van der Waals surface area contributed by atoms with Gasteiger partial charge in [-0.3, -0.25) is 0 Å². The van der Waals surface area contributed by atoms with E-state index in [2.05, 4.69) is 22.6 Å². The summed E-state index contributed by atoms with van der Waals surface area (Å²) < 4.78 is 5.20. The van der Waals surface area contributed by atoms with Gasteiger partial charge in [0, 0.05) is 18.6 Å². The molecule has 2 bridgehead atoms. The van der Waals surface area contributed by atoms with Crippen LogP contribution in [0.15, 0.2) is 0 Å². The highest BCUT2D eigenvalue weighted by Crippen LogP contribution is 2.36. The molecule has 5 nitrogen and oxygen atoms in total. The van der Waals surface area contributed by atoms with Crippen LogP contribution in [0.3, 0.4) is 0 Å². The van der Waals surface area contributed by atoms with E-state index in [0.717, 1.165) is 37.5 Å². The molecule has 0 radical (unpaired) electrons. The van der Waals surface area contributed by atoms with Crippen molar-refractivity contribution in [1.29, 1.82) is 0 Å². The van der Waals surface area contributed by atoms with Crippen molar-refractivity contribution in [3.05, 3.63) is 0 Å². The summed E-state index contributed by atoms with van der Waals surface area (Å²) in [5.74, 6) is 0.826. The molecular weight excluding hydrogens is 278 g/mol. The van der Waals surface area contributed by atoms with E-state index in [1.807, 2.05) is 20.8 Å². The third-order valence-corrected chi connectivity index (χ3v) is 4.83. The van der Waals surface area contributed by atoms with Gasteiger partial charge in [-0.1, -0.05) is 0 Å². The third kappa shape index (κ3) is 5.43. The summed E-state index contributed by atoms with van der Waals surface area (Å²) in [5.41, 5.74) is -0.421. The lowest BCUT2D eigenvalue weighted by molar-refractivity contribution is 0.0527. The van der Waals surface area contributed by atoms with Crippen molar-refractivity contribution in [1.82, 2.24) is 15.5 Å². The third-order valence-electron chi connectivity index (χ3n) is 4.83. The van der Waals surface area contributed by atoms with E-state index in [1.165, 1.54) is 25.7 Å². The Labute approximate surface area is 135 Å². The first-order valence-corrected chi connectivity index (χ1v) is 8.74. The molecule has 5 heteroatoms. The number of hydrogen-bond acceptors (Lipinski definition) is 4. The molecule has 0 spiro atoms. The van der Waals surface area contributed by atoms with Crippen LogP contribution in [-0.4, -0.2) is 55.4 Å². The second-order valence-corrected chi connectivity index (χ2v) is 7.87. The summed E-state index contributed by atoms with van der Waals surface area (Å²) in [4.78, 5) is 14.1. The number of fused-ring (bicyclic) bond motifs is 2. The van der Waals surface area contributed by atoms with Crippen LogP contribution in [0.1, 0.15) is 52.9 Å². The maximum absolute atomic E-state index is 11.5. The van der Waals surface area contributed by atoms with Crippen molar-refractivity contribution in [2.24, 2.45) is 5.92 Å². The zero-order valence-corrected chi connectivity index (χ0v) is 14.7. The highest BCUT2D eigenvalue weighted by atomic mass is 16.6. The van der Waals surface area contributed by atoms with Crippen LogP contribution < -0.4 is 10.6 Å². The molecule has 2 fully saturated rings. The lowest BCUT2D eigenvalue weighted by Crippen LogP contribution is -2.42. The monoisotopic (exact) mass is 311 g/mol. The van der Waals surface area contributed by atoms with Crippen molar-refractivity contribution in [2.45, 2.75) is 70.6 Å². The van der Waals surface area contributed by atoms with Crippen molar-refractivity contribution in [2.75, 3.05) is 26.7 Å². The van der Waals surface area contributed by atoms with Crippen LogP contribution in [-0.2, 0) is 4.74 Å². The fourth-order valence-corrected chi connectivity index (χ4v) is 3.72. The van der Waals surface area contributed by atoms with E-state index in [9.17, 15) is 4.79 Å². The van der Waals surface area contributed by atoms with Gasteiger partial charge in [-0.25, -0.2) is 4.79 Å². The van der Waals surface area contributed by atoms with Gasteiger partial charge in [-0.15, -0.1) is 0 Å². The van der Waals surface area contributed by atoms with Gasteiger partial charge in [0.25, 0.3) is 0 Å². The molecule has 0 aromatic rings. The van der Waals surface area contributed by atoms with E-state index in [4.69, 9.17) is 4.74 Å². The second-order valence-electron chi connectivity index (χ2n) is 7.87. The molecular formula is C17H33N3O2. The number of carbonyl (C=O) groups is 1. The van der Waals surface area contributed by atoms with Crippen molar-refractivity contribution < 1.29 is 9.53 Å². The standard InChI is InChI=1S/C17H33N3O2/c1-17(2,3)22-16(21)19-9-5-8-18-12-13-10-14-6-7-15(11-13)20(14)4/h13-15,18H,5-12H2,1-4H3,(H,19,21). The van der Waals surface area contributed by atoms with Crippen LogP contribution in [0.5, 0.6) is 0 Å². The van der Waals surface area contributed by atoms with Gasteiger partial charge < -0.3 is 20.3 Å². The van der Waals surface area contributed by atoms with Gasteiger partial charge >= 0.3 is 6.09 Å². The highest BCUT2D eigenvalue weighted by Gasteiger charge is 2.37. The fourth-order valence-electron chi connectivity index (χ4n) is 3.72. The van der Waals surface area contributed by atoms with Crippen molar-refractivity contribution in [3.8, 4) is 0 Å². The maximum atomic E-state index is 11.5. The van der Waals surface area contributed by atoms with Crippen molar-refractivity contribution >= 4 is 6.09 Å². The summed E-state index contributed by atoms with van der Waals surface area (Å²) in [7, 11) is 2.29. The van der Waals surface area contributed by atoms with E-state index in [0.29, 0.717) is 6.54 Å². The quantitative estimate of drug-likeness (QED) is 0.740. The number of alkyl carbamates (subject to hydrolysis) is 1. The van der Waals surface area contributed by atoms with Crippen LogP contribution in [0.25, 0.3) is 0 Å². The van der Waals surface area contributed by atoms with Gasteiger partial charge in [0.15, 0.2) is 0 Å². The summed E-state index contributed by atoms with van der Waals surface area (Å²) in [6.07, 6.45) is 6.08. The molecule has 128 valence electrons. The summed E-state index contributed by atoms with van der Waals surface area (Å²) >= 11 is 0. The second kappa shape index (κ2) is 7.64. The number of ether oxygens (including phenoxy) is 1. The Bertz CT molecular complexity index is 353. The molecule has 0 aromatic heterocycles. The van der Waals surface area contributed by atoms with Gasteiger partial charge in [0.05, 0.1) is 0 Å². The summed E-state index contributed by atoms with van der Waals surface area (Å²) in [5, 5.41) is 6.35. The molecule has 2 rings (SSSR count). The van der Waals surface area contributed by atoms with Gasteiger partial charge in [0.2, 0.25) is 0 Å². The molecule has 2 N–H and O–H groups in total. The Kier molecular flexibility index (Phi) is 6.09. The highest BCUT2D eigenvalue weighted by molar-refractivity contribution is 5.67. The zero-order chi connectivity index (χ0) is 16.2. The Balaban J connectivity index is 1.49. The largest absolute Gasteiger partial charge is 0.444 e. The minimum Gasteiger partial charge on any atom is -0.444 e. The lowest BCUT2D eigenvalue weighted by atomic mass is 9.91. The van der Waals surface area contributed by atoms with E-state index >= 15 is 0 Å². The average molecular weight is 311 g/mol. The van der Waals surface area contributed by atoms with Crippen LogP contribution in [0.2, 0.25) is 0 Å².